The minimum atomic E-state index is -0.0146. The summed E-state index contributed by atoms with van der Waals surface area (Å²) in [6.07, 6.45) is 7.40. The van der Waals surface area contributed by atoms with Gasteiger partial charge in [-0.3, -0.25) is 9.69 Å². The molecule has 5 heteroatoms. The van der Waals surface area contributed by atoms with Gasteiger partial charge >= 0.3 is 0 Å². The SMILES string of the molecule is CC(C)(C)c1cnc(CN2CCCN(C(=O)C3CCC(C(C)(C)C)CC3)CC2)o1. The minimum Gasteiger partial charge on any atom is -0.444 e. The molecule has 0 bridgehead atoms. The Hall–Kier alpha value is -1.36. The van der Waals surface area contributed by atoms with E-state index in [1.54, 1.807) is 0 Å². The van der Waals surface area contributed by atoms with Gasteiger partial charge in [0.2, 0.25) is 11.8 Å². The van der Waals surface area contributed by atoms with Crippen molar-refractivity contribution >= 4 is 5.91 Å². The summed E-state index contributed by atoms with van der Waals surface area (Å²) in [5.74, 6) is 3.11. The van der Waals surface area contributed by atoms with Gasteiger partial charge in [-0.1, -0.05) is 41.5 Å². The van der Waals surface area contributed by atoms with Crippen molar-refractivity contribution < 1.29 is 9.21 Å². The highest BCUT2D eigenvalue weighted by atomic mass is 16.4. The zero-order valence-electron chi connectivity index (χ0n) is 19.5. The molecule has 3 rings (SSSR count). The first-order valence-corrected chi connectivity index (χ1v) is 11.5. The number of hydrogen-bond acceptors (Lipinski definition) is 4. The lowest BCUT2D eigenvalue weighted by Crippen LogP contribution is -2.40. The van der Waals surface area contributed by atoms with Crippen LogP contribution in [0.3, 0.4) is 0 Å². The number of hydrogen-bond donors (Lipinski definition) is 0. The fourth-order valence-electron chi connectivity index (χ4n) is 4.74. The molecule has 164 valence electrons. The van der Waals surface area contributed by atoms with Crippen LogP contribution in [0.1, 0.15) is 85.3 Å². The van der Waals surface area contributed by atoms with Crippen molar-refractivity contribution in [2.45, 2.75) is 85.6 Å². The fraction of sp³-hybridized carbons (Fsp3) is 0.833. The molecule has 5 nitrogen and oxygen atoms in total. The molecule has 29 heavy (non-hydrogen) atoms. The van der Waals surface area contributed by atoms with Gasteiger partial charge in [-0.15, -0.1) is 0 Å². The molecule has 1 saturated carbocycles. The van der Waals surface area contributed by atoms with E-state index in [0.717, 1.165) is 69.6 Å². The number of oxazole rings is 1. The van der Waals surface area contributed by atoms with Crippen molar-refractivity contribution in [3.63, 3.8) is 0 Å². The average Bonchev–Trinajstić information content (AvgIpc) is 3.00. The lowest BCUT2D eigenvalue weighted by Gasteiger charge is -2.37. The van der Waals surface area contributed by atoms with Crippen LogP contribution >= 0.6 is 0 Å². The molecule has 1 aliphatic heterocycles. The molecule has 2 heterocycles. The Kier molecular flexibility index (Phi) is 6.77. The smallest absolute Gasteiger partial charge is 0.225 e. The highest BCUT2D eigenvalue weighted by molar-refractivity contribution is 5.79. The van der Waals surface area contributed by atoms with E-state index in [2.05, 4.69) is 56.3 Å². The van der Waals surface area contributed by atoms with Crippen molar-refractivity contribution in [3.05, 3.63) is 17.8 Å². The topological polar surface area (TPSA) is 49.6 Å². The summed E-state index contributed by atoms with van der Waals surface area (Å²) in [5, 5.41) is 0. The predicted molar refractivity (Wildman–Crippen MR) is 117 cm³/mol. The van der Waals surface area contributed by atoms with Crippen LogP contribution in [0.4, 0.5) is 0 Å². The van der Waals surface area contributed by atoms with Crippen molar-refractivity contribution in [1.82, 2.24) is 14.8 Å². The van der Waals surface area contributed by atoms with Crippen LogP contribution in [0.25, 0.3) is 0 Å². The monoisotopic (exact) mass is 403 g/mol. The number of carbonyl (C=O) groups is 1. The van der Waals surface area contributed by atoms with E-state index in [1.165, 1.54) is 12.8 Å². The Morgan fingerprint density at radius 3 is 2.31 bits per heavy atom. The third kappa shape index (κ3) is 5.84. The maximum Gasteiger partial charge on any atom is 0.225 e. The summed E-state index contributed by atoms with van der Waals surface area (Å²) in [4.78, 5) is 22.1. The largest absolute Gasteiger partial charge is 0.444 e. The molecule has 0 spiro atoms. The van der Waals surface area contributed by atoms with Gasteiger partial charge in [0.25, 0.3) is 0 Å². The van der Waals surface area contributed by atoms with E-state index in [9.17, 15) is 4.79 Å². The molecule has 2 fully saturated rings. The highest BCUT2D eigenvalue weighted by Crippen LogP contribution is 2.40. The molecule has 0 N–H and O–H groups in total. The van der Waals surface area contributed by atoms with Crippen molar-refractivity contribution in [3.8, 4) is 0 Å². The number of rotatable bonds is 3. The van der Waals surface area contributed by atoms with E-state index in [0.29, 0.717) is 11.3 Å². The molecular formula is C24H41N3O2. The Morgan fingerprint density at radius 1 is 1.03 bits per heavy atom. The third-order valence-corrected chi connectivity index (χ3v) is 6.85. The first-order valence-electron chi connectivity index (χ1n) is 11.5. The maximum absolute atomic E-state index is 13.1. The summed E-state index contributed by atoms with van der Waals surface area (Å²) in [6.45, 7) is 17.8. The van der Waals surface area contributed by atoms with Gasteiger partial charge in [-0.2, -0.15) is 0 Å². The Bertz CT molecular complexity index is 675. The Labute approximate surface area is 177 Å². The number of carbonyl (C=O) groups excluding carboxylic acids is 1. The van der Waals surface area contributed by atoms with Gasteiger partial charge in [0.1, 0.15) is 5.76 Å². The second-order valence-corrected chi connectivity index (χ2v) is 11.2. The first kappa shape index (κ1) is 22.3. The summed E-state index contributed by atoms with van der Waals surface area (Å²) < 4.78 is 5.97. The summed E-state index contributed by atoms with van der Waals surface area (Å²) in [6, 6.07) is 0. The predicted octanol–water partition coefficient (Wildman–Crippen LogP) is 4.86. The summed E-state index contributed by atoms with van der Waals surface area (Å²) in [5.41, 5.74) is 0.350. The van der Waals surface area contributed by atoms with E-state index in [4.69, 9.17) is 4.42 Å². The van der Waals surface area contributed by atoms with Gasteiger partial charge in [0.15, 0.2) is 0 Å². The van der Waals surface area contributed by atoms with Crippen LogP contribution in [0.2, 0.25) is 0 Å². The second-order valence-electron chi connectivity index (χ2n) is 11.2. The minimum absolute atomic E-state index is 0.0146. The van der Waals surface area contributed by atoms with Crippen molar-refractivity contribution in [2.24, 2.45) is 17.3 Å². The van der Waals surface area contributed by atoms with E-state index >= 15 is 0 Å². The van der Waals surface area contributed by atoms with Gasteiger partial charge in [-0.05, 0) is 43.4 Å². The number of nitrogens with zero attached hydrogens (tertiary/aromatic N) is 3. The highest BCUT2D eigenvalue weighted by Gasteiger charge is 2.34. The number of aromatic nitrogens is 1. The van der Waals surface area contributed by atoms with Crippen LogP contribution in [-0.4, -0.2) is 46.9 Å². The van der Waals surface area contributed by atoms with E-state index in [1.807, 2.05) is 6.20 Å². The molecule has 1 amide bonds. The zero-order chi connectivity index (χ0) is 21.2. The number of amides is 1. The molecule has 0 radical (unpaired) electrons. The normalized spacial score (nSPS) is 25.1. The fourth-order valence-corrected chi connectivity index (χ4v) is 4.74. The van der Waals surface area contributed by atoms with Crippen molar-refractivity contribution in [1.29, 1.82) is 0 Å². The van der Waals surface area contributed by atoms with Crippen LogP contribution in [0, 0.1) is 17.3 Å². The third-order valence-electron chi connectivity index (χ3n) is 6.85. The van der Waals surface area contributed by atoms with Gasteiger partial charge in [0, 0.05) is 37.5 Å². The lowest BCUT2D eigenvalue weighted by molar-refractivity contribution is -0.137. The maximum atomic E-state index is 13.1. The zero-order valence-corrected chi connectivity index (χ0v) is 19.5. The summed E-state index contributed by atoms with van der Waals surface area (Å²) >= 11 is 0. The molecule has 1 saturated heterocycles. The van der Waals surface area contributed by atoms with Crippen molar-refractivity contribution in [2.75, 3.05) is 26.2 Å². The van der Waals surface area contributed by atoms with Crippen LogP contribution < -0.4 is 0 Å². The van der Waals surface area contributed by atoms with E-state index in [-0.39, 0.29) is 11.3 Å². The Balaban J connectivity index is 1.49. The lowest BCUT2D eigenvalue weighted by atomic mass is 9.69. The Morgan fingerprint density at radius 2 is 1.72 bits per heavy atom. The van der Waals surface area contributed by atoms with Gasteiger partial charge in [-0.25, -0.2) is 4.98 Å². The van der Waals surface area contributed by atoms with E-state index < -0.39 is 0 Å². The van der Waals surface area contributed by atoms with Gasteiger partial charge < -0.3 is 9.32 Å². The molecule has 1 aromatic rings. The molecule has 0 atom stereocenters. The molecule has 1 aliphatic carbocycles. The standard InChI is InChI=1S/C24H41N3O2/c1-23(2,3)19-10-8-18(9-11-19)22(28)27-13-7-12-26(14-15-27)17-21-25-16-20(29-21)24(4,5)6/h16,18-19H,7-15,17H2,1-6H3. The molecule has 0 aromatic carbocycles. The average molecular weight is 404 g/mol. The summed E-state index contributed by atoms with van der Waals surface area (Å²) in [7, 11) is 0. The molecule has 1 aromatic heterocycles. The second kappa shape index (κ2) is 8.79. The molecule has 0 unspecified atom stereocenters. The van der Waals surface area contributed by atoms with Crippen LogP contribution in [0.5, 0.6) is 0 Å². The van der Waals surface area contributed by atoms with Crippen LogP contribution in [0.15, 0.2) is 10.6 Å². The van der Waals surface area contributed by atoms with Gasteiger partial charge in [0.05, 0.1) is 12.7 Å². The van der Waals surface area contributed by atoms with Crippen LogP contribution in [-0.2, 0) is 16.8 Å². The molecular weight excluding hydrogens is 362 g/mol. The molecule has 2 aliphatic rings. The quantitative estimate of drug-likeness (QED) is 0.723. The first-order chi connectivity index (χ1) is 13.5.